The number of ether oxygens (including phenoxy) is 1. The monoisotopic (exact) mass is 590 g/mol. The van der Waals surface area contributed by atoms with Crippen molar-refractivity contribution in [2.45, 2.75) is 52.2 Å². The maximum Gasteiger partial charge on any atom is 0.332 e. The molecule has 43 heavy (non-hydrogen) atoms. The van der Waals surface area contributed by atoms with Crippen LogP contribution in [0.4, 0.5) is 5.69 Å². The van der Waals surface area contributed by atoms with Gasteiger partial charge in [0.1, 0.15) is 17.1 Å². The average molecular weight is 591 g/mol. The molecule has 4 aromatic rings. The second kappa shape index (κ2) is 14.3. The molecule has 0 aliphatic carbocycles. The third-order valence-corrected chi connectivity index (χ3v) is 6.77. The summed E-state index contributed by atoms with van der Waals surface area (Å²) in [4.78, 5) is 58.0. The van der Waals surface area contributed by atoms with E-state index in [0.29, 0.717) is 54.4 Å². The summed E-state index contributed by atoms with van der Waals surface area (Å²) in [6, 6.07) is 13.3. The number of benzene rings is 2. The molecular weight excluding hydrogens is 552 g/mol. The third kappa shape index (κ3) is 7.68. The quantitative estimate of drug-likeness (QED) is 0.107. The van der Waals surface area contributed by atoms with Crippen LogP contribution in [0, 0.1) is 0 Å². The van der Waals surface area contributed by atoms with Gasteiger partial charge in [-0.3, -0.25) is 23.5 Å². The smallest absolute Gasteiger partial charge is 0.332 e. The molecule has 0 spiro atoms. The molecule has 0 aliphatic heterocycles. The van der Waals surface area contributed by atoms with Crippen LogP contribution in [0.5, 0.6) is 5.75 Å². The van der Waals surface area contributed by atoms with Crippen molar-refractivity contribution in [1.82, 2.24) is 29.7 Å². The Balaban J connectivity index is 1.27. The van der Waals surface area contributed by atoms with Gasteiger partial charge in [-0.25, -0.2) is 9.78 Å². The molecule has 0 radical (unpaired) electrons. The first-order valence-corrected chi connectivity index (χ1v) is 14.3. The summed E-state index contributed by atoms with van der Waals surface area (Å²) < 4.78 is 8.36. The summed E-state index contributed by atoms with van der Waals surface area (Å²) in [6.45, 7) is 4.88. The molecule has 1 atom stereocenters. The van der Waals surface area contributed by atoms with E-state index in [1.54, 1.807) is 36.4 Å². The molecule has 0 saturated heterocycles. The van der Waals surface area contributed by atoms with Gasteiger partial charge in [0.15, 0.2) is 12.3 Å². The average Bonchev–Trinajstić information content (AvgIpc) is 3.45. The molecule has 2 aromatic heterocycles. The van der Waals surface area contributed by atoms with E-state index >= 15 is 0 Å². The normalized spacial score (nSPS) is 11.8. The molecule has 2 heterocycles. The molecule has 0 aliphatic rings. The van der Waals surface area contributed by atoms with Gasteiger partial charge in [0.25, 0.3) is 11.5 Å². The van der Waals surface area contributed by atoms with Gasteiger partial charge in [-0.05, 0) is 61.2 Å². The Labute approximate surface area is 248 Å². The summed E-state index contributed by atoms with van der Waals surface area (Å²) in [5.41, 5.74) is 13.7. The number of aryl methyl sites for hydroxylation is 1. The number of H-pyrrole nitrogens is 1. The van der Waals surface area contributed by atoms with E-state index in [0.717, 1.165) is 12.0 Å². The van der Waals surface area contributed by atoms with E-state index in [2.05, 4.69) is 20.6 Å². The molecule has 2 amide bonds. The number of rotatable bonds is 14. The van der Waals surface area contributed by atoms with Crippen LogP contribution in [0.2, 0.25) is 0 Å². The standard InChI is InChI=1S/C30H38N8O5/c1-3-15-37-27-25(29(41)38(16-4-2)30(37)42)35-26(36-27)20-7-11-22(12-8-20)43-18-24(39)33-13-14-34-28(40)23(32)17-19-5-9-21(31)10-6-19/h5-12,23H,3-4,13-18,31-32H2,1-2H3,(H,33,39)(H,34,40)(H,35,36)/t23-/m0/s1. The van der Waals surface area contributed by atoms with Gasteiger partial charge in [0.2, 0.25) is 5.91 Å². The molecule has 13 heteroatoms. The zero-order valence-corrected chi connectivity index (χ0v) is 24.4. The Morgan fingerprint density at radius 1 is 0.953 bits per heavy atom. The number of hydrogen-bond donors (Lipinski definition) is 5. The van der Waals surface area contributed by atoms with Crippen LogP contribution in [0.25, 0.3) is 22.6 Å². The molecule has 0 saturated carbocycles. The van der Waals surface area contributed by atoms with Gasteiger partial charge < -0.3 is 31.8 Å². The first-order chi connectivity index (χ1) is 20.7. The Morgan fingerprint density at radius 2 is 1.60 bits per heavy atom. The van der Waals surface area contributed by atoms with E-state index in [4.69, 9.17) is 16.2 Å². The van der Waals surface area contributed by atoms with Crippen molar-refractivity contribution in [2.24, 2.45) is 5.73 Å². The van der Waals surface area contributed by atoms with Crippen molar-refractivity contribution in [2.75, 3.05) is 25.4 Å². The van der Waals surface area contributed by atoms with Gasteiger partial charge in [-0.15, -0.1) is 0 Å². The fourth-order valence-electron chi connectivity index (χ4n) is 4.58. The summed E-state index contributed by atoms with van der Waals surface area (Å²) >= 11 is 0. The number of nitrogens with one attached hydrogen (secondary N) is 3. The van der Waals surface area contributed by atoms with E-state index in [1.807, 2.05) is 26.0 Å². The molecule has 0 fully saturated rings. The largest absolute Gasteiger partial charge is 0.484 e. The number of nitrogens with two attached hydrogens (primary N) is 2. The van der Waals surface area contributed by atoms with Crippen LogP contribution in [-0.4, -0.2) is 56.7 Å². The predicted octanol–water partition coefficient (Wildman–Crippen LogP) is 1.14. The second-order valence-corrected chi connectivity index (χ2v) is 10.2. The van der Waals surface area contributed by atoms with Crippen LogP contribution in [0.1, 0.15) is 32.3 Å². The van der Waals surface area contributed by atoms with Gasteiger partial charge in [-0.2, -0.15) is 0 Å². The molecule has 228 valence electrons. The Hall–Kier alpha value is -4.91. The highest BCUT2D eigenvalue weighted by molar-refractivity contribution is 5.82. The van der Waals surface area contributed by atoms with Crippen LogP contribution in [-0.2, 0) is 29.1 Å². The molecule has 4 rings (SSSR count). The first-order valence-electron chi connectivity index (χ1n) is 14.3. The Bertz CT molecular complexity index is 1670. The fraction of sp³-hybridized carbons (Fsp3) is 0.367. The number of anilines is 1. The van der Waals surface area contributed by atoms with Crippen LogP contribution in [0.3, 0.4) is 0 Å². The first kappa shape index (κ1) is 31.0. The van der Waals surface area contributed by atoms with Crippen molar-refractivity contribution in [3.05, 3.63) is 74.9 Å². The topological polar surface area (TPSA) is 192 Å². The maximum absolute atomic E-state index is 13.0. The molecule has 13 nitrogen and oxygen atoms in total. The number of hydrogen-bond acceptors (Lipinski definition) is 8. The minimum absolute atomic E-state index is 0.213. The number of imidazole rings is 1. The van der Waals surface area contributed by atoms with Crippen molar-refractivity contribution in [3.63, 3.8) is 0 Å². The number of aromatic nitrogens is 4. The molecule has 0 unspecified atom stereocenters. The summed E-state index contributed by atoms with van der Waals surface area (Å²) in [5, 5.41) is 5.39. The number of carbonyl (C=O) groups is 2. The van der Waals surface area contributed by atoms with Crippen LogP contribution < -0.4 is 38.1 Å². The summed E-state index contributed by atoms with van der Waals surface area (Å²) in [7, 11) is 0. The zero-order chi connectivity index (χ0) is 30.9. The van der Waals surface area contributed by atoms with Crippen molar-refractivity contribution >= 4 is 28.7 Å². The number of aromatic amines is 1. The summed E-state index contributed by atoms with van der Waals surface area (Å²) in [5.74, 6) is 0.251. The lowest BCUT2D eigenvalue weighted by Crippen LogP contribution is -2.45. The predicted molar refractivity (Wildman–Crippen MR) is 165 cm³/mol. The lowest BCUT2D eigenvalue weighted by molar-refractivity contribution is -0.124. The van der Waals surface area contributed by atoms with Crippen molar-refractivity contribution in [1.29, 1.82) is 0 Å². The second-order valence-electron chi connectivity index (χ2n) is 10.2. The van der Waals surface area contributed by atoms with Gasteiger partial charge >= 0.3 is 5.69 Å². The van der Waals surface area contributed by atoms with Gasteiger partial charge in [0, 0.05) is 37.4 Å². The Kier molecular flexibility index (Phi) is 10.3. The fourth-order valence-corrected chi connectivity index (χ4v) is 4.58. The number of nitrogens with zero attached hydrogens (tertiary/aromatic N) is 3. The SMILES string of the molecule is CCCn1c(=O)c2[nH]c(-c3ccc(OCC(=O)NCCNC(=O)[C@@H](N)Cc4ccc(N)cc4)cc3)nc2n(CCC)c1=O. The van der Waals surface area contributed by atoms with Crippen molar-refractivity contribution in [3.8, 4) is 17.1 Å². The molecule has 0 bridgehead atoms. The minimum Gasteiger partial charge on any atom is -0.484 e. The minimum atomic E-state index is -0.716. The third-order valence-electron chi connectivity index (χ3n) is 6.77. The molecule has 2 aromatic carbocycles. The number of carbonyl (C=O) groups excluding carboxylic acids is 2. The van der Waals surface area contributed by atoms with Gasteiger partial charge in [0.05, 0.1) is 6.04 Å². The van der Waals surface area contributed by atoms with Crippen LogP contribution in [0.15, 0.2) is 58.1 Å². The van der Waals surface area contributed by atoms with E-state index in [1.165, 1.54) is 9.13 Å². The lowest BCUT2D eigenvalue weighted by atomic mass is 10.1. The number of nitrogen functional groups attached to an aromatic ring is 1. The highest BCUT2D eigenvalue weighted by Gasteiger charge is 2.18. The number of fused-ring (bicyclic) bond motifs is 1. The van der Waals surface area contributed by atoms with Crippen molar-refractivity contribution < 1.29 is 14.3 Å². The van der Waals surface area contributed by atoms with E-state index in [-0.39, 0.29) is 48.3 Å². The summed E-state index contributed by atoms with van der Waals surface area (Å²) in [6.07, 6.45) is 1.75. The number of amides is 2. The molecular formula is C30H38N8O5. The maximum atomic E-state index is 13.0. The van der Waals surface area contributed by atoms with Gasteiger partial charge in [-0.1, -0.05) is 26.0 Å². The Morgan fingerprint density at radius 3 is 2.28 bits per heavy atom. The lowest BCUT2D eigenvalue weighted by Gasteiger charge is -2.13. The highest BCUT2D eigenvalue weighted by Crippen LogP contribution is 2.22. The molecule has 7 N–H and O–H groups in total. The van der Waals surface area contributed by atoms with Crippen LogP contribution >= 0.6 is 0 Å². The highest BCUT2D eigenvalue weighted by atomic mass is 16.5. The van der Waals surface area contributed by atoms with E-state index in [9.17, 15) is 19.2 Å². The zero-order valence-electron chi connectivity index (χ0n) is 24.4. The van der Waals surface area contributed by atoms with E-state index < -0.39 is 6.04 Å².